The van der Waals surface area contributed by atoms with Crippen LogP contribution in [-0.4, -0.2) is 72.8 Å². The van der Waals surface area contributed by atoms with Crippen LogP contribution in [0.5, 0.6) is 0 Å². The molecule has 0 radical (unpaired) electrons. The van der Waals surface area contributed by atoms with Crippen molar-refractivity contribution in [2.45, 2.75) is 12.5 Å². The largest absolute Gasteiger partial charge is 0.467 e. The molecule has 1 aromatic carbocycles. The Labute approximate surface area is 144 Å². The number of amides is 3. The number of methoxy groups -OCH3 is 1. The summed E-state index contributed by atoms with van der Waals surface area (Å²) >= 11 is 0. The number of piperazine rings is 1. The maximum Gasteiger partial charge on any atom is 0.329 e. The summed E-state index contributed by atoms with van der Waals surface area (Å²) in [6, 6.07) is 5.90. The summed E-state index contributed by atoms with van der Waals surface area (Å²) in [5, 5.41) is 3.04. The van der Waals surface area contributed by atoms with Gasteiger partial charge in [0.2, 0.25) is 5.91 Å². The lowest BCUT2D eigenvalue weighted by Gasteiger charge is -2.34. The Bertz CT molecular complexity index is 698. The van der Waals surface area contributed by atoms with Gasteiger partial charge in [0.05, 0.1) is 18.2 Å². The summed E-state index contributed by atoms with van der Waals surface area (Å²) in [4.78, 5) is 51.5. The number of imide groups is 1. The molecule has 1 atom stereocenters. The van der Waals surface area contributed by atoms with Crippen LogP contribution in [0.4, 0.5) is 0 Å². The molecule has 2 aliphatic heterocycles. The number of carbonyl (C=O) groups is 4. The molecule has 1 N–H and O–H groups in total. The van der Waals surface area contributed by atoms with Crippen LogP contribution in [0.15, 0.2) is 24.3 Å². The van der Waals surface area contributed by atoms with Crippen LogP contribution in [0.3, 0.4) is 0 Å². The zero-order valence-electron chi connectivity index (χ0n) is 13.9. The van der Waals surface area contributed by atoms with Crippen LogP contribution in [0.1, 0.15) is 27.1 Å². The lowest BCUT2D eigenvalue weighted by atomic mass is 10.1. The van der Waals surface area contributed by atoms with Crippen LogP contribution in [0.25, 0.3) is 0 Å². The van der Waals surface area contributed by atoms with Crippen LogP contribution < -0.4 is 5.32 Å². The number of rotatable bonds is 4. The van der Waals surface area contributed by atoms with Crippen LogP contribution >= 0.6 is 0 Å². The molecular weight excluding hydrogens is 326 g/mol. The standard InChI is InChI=1S/C17H19N3O5/c1-25-17(24)13-10-18-7-9-19(13)14(21)6-8-20-15(22)11-4-2-3-5-12(11)16(20)23/h2-5,13,18H,6-10H2,1H3. The van der Waals surface area contributed by atoms with Gasteiger partial charge in [-0.05, 0) is 12.1 Å². The average molecular weight is 345 g/mol. The van der Waals surface area contributed by atoms with Gasteiger partial charge in [0, 0.05) is 32.6 Å². The van der Waals surface area contributed by atoms with Crippen molar-refractivity contribution < 1.29 is 23.9 Å². The highest BCUT2D eigenvalue weighted by Crippen LogP contribution is 2.22. The topological polar surface area (TPSA) is 96.0 Å². The number of carbonyl (C=O) groups excluding carboxylic acids is 4. The molecular formula is C17H19N3O5. The number of hydrogen-bond acceptors (Lipinski definition) is 6. The average Bonchev–Trinajstić information content (AvgIpc) is 2.90. The van der Waals surface area contributed by atoms with Gasteiger partial charge in [0.15, 0.2) is 0 Å². The van der Waals surface area contributed by atoms with E-state index in [0.717, 1.165) is 4.90 Å². The molecule has 1 aromatic rings. The van der Waals surface area contributed by atoms with Crippen molar-refractivity contribution in [3.05, 3.63) is 35.4 Å². The van der Waals surface area contributed by atoms with E-state index in [-0.39, 0.29) is 18.9 Å². The normalized spacial score (nSPS) is 19.8. The highest BCUT2D eigenvalue weighted by Gasteiger charge is 2.37. The second-order valence-corrected chi connectivity index (χ2v) is 5.89. The Morgan fingerprint density at radius 2 is 1.84 bits per heavy atom. The molecule has 0 saturated carbocycles. The molecule has 3 rings (SSSR count). The van der Waals surface area contributed by atoms with Crippen LogP contribution in [0, 0.1) is 0 Å². The van der Waals surface area contributed by atoms with Gasteiger partial charge >= 0.3 is 5.97 Å². The number of fused-ring (bicyclic) bond motifs is 1. The van der Waals surface area contributed by atoms with Crippen molar-refractivity contribution in [3.63, 3.8) is 0 Å². The molecule has 25 heavy (non-hydrogen) atoms. The lowest BCUT2D eigenvalue weighted by Crippen LogP contribution is -2.57. The Balaban J connectivity index is 1.65. The molecule has 3 amide bonds. The first-order chi connectivity index (χ1) is 12.0. The Kier molecular flexibility index (Phi) is 4.80. The van der Waals surface area contributed by atoms with Crippen molar-refractivity contribution in [1.82, 2.24) is 15.1 Å². The minimum atomic E-state index is -0.687. The van der Waals surface area contributed by atoms with Crippen LogP contribution in [-0.2, 0) is 14.3 Å². The van der Waals surface area contributed by atoms with Gasteiger partial charge < -0.3 is 15.0 Å². The monoisotopic (exact) mass is 345 g/mol. The Hall–Kier alpha value is -2.74. The number of hydrogen-bond donors (Lipinski definition) is 1. The minimum absolute atomic E-state index is 0.0109. The highest BCUT2D eigenvalue weighted by molar-refractivity contribution is 6.21. The van der Waals surface area contributed by atoms with Crippen LogP contribution in [0.2, 0.25) is 0 Å². The summed E-state index contributed by atoms with van der Waals surface area (Å²) in [6.45, 7) is 1.27. The molecule has 0 aliphatic carbocycles. The molecule has 1 unspecified atom stereocenters. The van der Waals surface area contributed by atoms with E-state index in [1.807, 2.05) is 0 Å². The van der Waals surface area contributed by atoms with E-state index >= 15 is 0 Å². The molecule has 8 heteroatoms. The van der Waals surface area contributed by atoms with Crippen molar-refractivity contribution in [3.8, 4) is 0 Å². The van der Waals surface area contributed by atoms with Gasteiger partial charge in [0.1, 0.15) is 6.04 Å². The molecule has 1 fully saturated rings. The molecule has 0 aromatic heterocycles. The Morgan fingerprint density at radius 1 is 1.20 bits per heavy atom. The summed E-state index contributed by atoms with van der Waals surface area (Å²) in [5.41, 5.74) is 0.712. The fraction of sp³-hybridized carbons (Fsp3) is 0.412. The molecule has 0 bridgehead atoms. The van der Waals surface area contributed by atoms with E-state index in [0.29, 0.717) is 30.8 Å². The number of nitrogens with one attached hydrogen (secondary N) is 1. The van der Waals surface area contributed by atoms with E-state index in [4.69, 9.17) is 4.74 Å². The van der Waals surface area contributed by atoms with Crippen molar-refractivity contribution >= 4 is 23.7 Å². The van der Waals surface area contributed by atoms with E-state index in [2.05, 4.69) is 5.32 Å². The third-order valence-corrected chi connectivity index (χ3v) is 4.46. The lowest BCUT2D eigenvalue weighted by molar-refractivity contribution is -0.153. The first-order valence-corrected chi connectivity index (χ1v) is 8.08. The second-order valence-electron chi connectivity index (χ2n) is 5.89. The molecule has 8 nitrogen and oxygen atoms in total. The van der Waals surface area contributed by atoms with E-state index in [9.17, 15) is 19.2 Å². The van der Waals surface area contributed by atoms with E-state index in [1.54, 1.807) is 24.3 Å². The van der Waals surface area contributed by atoms with E-state index in [1.165, 1.54) is 12.0 Å². The first-order valence-electron chi connectivity index (χ1n) is 8.08. The quantitative estimate of drug-likeness (QED) is 0.592. The molecule has 132 valence electrons. The molecule has 2 heterocycles. The van der Waals surface area contributed by atoms with E-state index < -0.39 is 23.8 Å². The second kappa shape index (κ2) is 7.02. The summed E-state index contributed by atoms with van der Waals surface area (Å²) in [6.07, 6.45) is -0.0288. The summed E-state index contributed by atoms with van der Waals surface area (Å²) in [5.74, 6) is -1.55. The predicted octanol–water partition coefficient (Wildman–Crippen LogP) is -0.354. The number of benzene rings is 1. The minimum Gasteiger partial charge on any atom is -0.467 e. The van der Waals surface area contributed by atoms with Gasteiger partial charge in [-0.15, -0.1) is 0 Å². The zero-order valence-corrected chi connectivity index (χ0v) is 13.9. The smallest absolute Gasteiger partial charge is 0.329 e. The molecule has 0 spiro atoms. The fourth-order valence-electron chi connectivity index (χ4n) is 3.14. The van der Waals surface area contributed by atoms with Gasteiger partial charge in [0.25, 0.3) is 11.8 Å². The summed E-state index contributed by atoms with van der Waals surface area (Å²) < 4.78 is 4.73. The first kappa shape index (κ1) is 17.1. The highest BCUT2D eigenvalue weighted by atomic mass is 16.5. The SMILES string of the molecule is COC(=O)C1CNCCN1C(=O)CCN1C(=O)c2ccccc2C1=O. The Morgan fingerprint density at radius 3 is 2.44 bits per heavy atom. The fourth-order valence-corrected chi connectivity index (χ4v) is 3.14. The van der Waals surface area contributed by atoms with Gasteiger partial charge in [-0.25, -0.2) is 4.79 Å². The number of nitrogens with zero attached hydrogens (tertiary/aromatic N) is 2. The third-order valence-electron chi connectivity index (χ3n) is 4.46. The molecule has 2 aliphatic rings. The van der Waals surface area contributed by atoms with Gasteiger partial charge in [-0.3, -0.25) is 19.3 Å². The maximum atomic E-state index is 12.5. The van der Waals surface area contributed by atoms with Crippen molar-refractivity contribution in [2.75, 3.05) is 33.3 Å². The number of esters is 1. The van der Waals surface area contributed by atoms with Gasteiger partial charge in [-0.2, -0.15) is 0 Å². The third kappa shape index (κ3) is 3.12. The maximum absolute atomic E-state index is 12.5. The van der Waals surface area contributed by atoms with Gasteiger partial charge in [-0.1, -0.05) is 12.1 Å². The summed E-state index contributed by atoms with van der Waals surface area (Å²) in [7, 11) is 1.28. The van der Waals surface area contributed by atoms with Crippen molar-refractivity contribution in [1.29, 1.82) is 0 Å². The number of ether oxygens (including phenoxy) is 1. The zero-order chi connectivity index (χ0) is 18.0. The van der Waals surface area contributed by atoms with Crippen molar-refractivity contribution in [2.24, 2.45) is 0 Å². The molecule has 1 saturated heterocycles. The predicted molar refractivity (Wildman–Crippen MR) is 86.8 cm³/mol.